The number of halogens is 3. The maximum atomic E-state index is 13.1. The third-order valence-corrected chi connectivity index (χ3v) is 3.15. The fraction of sp³-hybridized carbons (Fsp3) is 0.231. The molecular formula is C13H12F3N3O3. The summed E-state index contributed by atoms with van der Waals surface area (Å²) in [5.74, 6) is -0.223. The maximum Gasteiger partial charge on any atom is 0.351 e. The lowest BCUT2D eigenvalue weighted by Crippen LogP contribution is -2.29. The second-order valence-electron chi connectivity index (χ2n) is 4.35. The molecule has 0 aromatic carbocycles. The summed E-state index contributed by atoms with van der Waals surface area (Å²) in [6, 6.07) is 0. The zero-order valence-electron chi connectivity index (χ0n) is 11.1. The molecule has 0 aliphatic carbocycles. The summed E-state index contributed by atoms with van der Waals surface area (Å²) in [6.07, 6.45) is -0.0963. The van der Waals surface area contributed by atoms with Crippen molar-refractivity contribution in [1.29, 1.82) is 0 Å². The van der Waals surface area contributed by atoms with Crippen LogP contribution in [0, 0.1) is 0 Å². The molecule has 1 aliphatic rings. The Kier molecular flexibility index (Phi) is 4.78. The number of ether oxygens (including phenoxy) is 1. The molecule has 0 radical (unpaired) electrons. The molecule has 1 saturated heterocycles. The number of nitrogens with two attached hydrogens (primary N) is 1. The van der Waals surface area contributed by atoms with Gasteiger partial charge in [0.25, 0.3) is 0 Å². The van der Waals surface area contributed by atoms with E-state index in [0.717, 1.165) is 16.8 Å². The van der Waals surface area contributed by atoms with Crippen LogP contribution < -0.4 is 11.4 Å². The molecular weight excluding hydrogens is 303 g/mol. The highest BCUT2D eigenvalue weighted by atomic mass is 19.1. The highest BCUT2D eigenvalue weighted by Gasteiger charge is 2.37. The first kappa shape index (κ1) is 16.0. The van der Waals surface area contributed by atoms with Crippen molar-refractivity contribution in [1.82, 2.24) is 9.55 Å². The highest BCUT2D eigenvalue weighted by molar-refractivity contribution is 5.59. The number of aromatic nitrogens is 2. The number of nitrogen functional groups attached to an aromatic ring is 1. The van der Waals surface area contributed by atoms with E-state index in [1.807, 2.05) is 0 Å². The number of hydrogen-bond donors (Lipinski definition) is 2. The number of aliphatic hydroxyl groups excluding tert-OH is 1. The molecule has 2 unspecified atom stereocenters. The van der Waals surface area contributed by atoms with Crippen LogP contribution in [0.1, 0.15) is 11.8 Å². The normalized spacial score (nSPS) is 25.6. The van der Waals surface area contributed by atoms with E-state index < -0.39 is 24.6 Å². The molecule has 2 atom stereocenters. The van der Waals surface area contributed by atoms with Crippen LogP contribution in [0.5, 0.6) is 0 Å². The van der Waals surface area contributed by atoms with E-state index in [1.54, 1.807) is 0 Å². The Bertz CT molecular complexity index is 712. The van der Waals surface area contributed by atoms with Gasteiger partial charge >= 0.3 is 5.69 Å². The van der Waals surface area contributed by atoms with E-state index in [0.29, 0.717) is 0 Å². The van der Waals surface area contributed by atoms with Crippen molar-refractivity contribution in [2.24, 2.45) is 0 Å². The van der Waals surface area contributed by atoms with Crippen LogP contribution in [0.15, 0.2) is 41.1 Å². The molecule has 2 heterocycles. The minimum Gasteiger partial charge on any atom is -0.393 e. The van der Waals surface area contributed by atoms with Crippen LogP contribution in [0.3, 0.4) is 0 Å². The van der Waals surface area contributed by atoms with E-state index in [9.17, 15) is 18.0 Å². The van der Waals surface area contributed by atoms with Gasteiger partial charge in [-0.15, -0.1) is 0 Å². The Morgan fingerprint density at radius 2 is 2.05 bits per heavy atom. The Hall–Kier alpha value is -2.39. The molecule has 0 amide bonds. The number of nitrogens with zero attached hydrogens (tertiary/aromatic N) is 2. The summed E-state index contributed by atoms with van der Waals surface area (Å²) in [6.45, 7) is -0.613. The summed E-state index contributed by atoms with van der Waals surface area (Å²) in [7, 11) is 0. The fourth-order valence-electron chi connectivity index (χ4n) is 2.10. The zero-order valence-corrected chi connectivity index (χ0v) is 11.1. The van der Waals surface area contributed by atoms with E-state index >= 15 is 0 Å². The van der Waals surface area contributed by atoms with Gasteiger partial charge in [0.15, 0.2) is 6.23 Å². The van der Waals surface area contributed by atoms with E-state index in [-0.39, 0.29) is 41.5 Å². The topological polar surface area (TPSA) is 90.4 Å². The van der Waals surface area contributed by atoms with Gasteiger partial charge in [-0.3, -0.25) is 4.57 Å². The monoisotopic (exact) mass is 315 g/mol. The molecule has 1 aromatic heterocycles. The van der Waals surface area contributed by atoms with Gasteiger partial charge in [0.1, 0.15) is 11.9 Å². The second kappa shape index (κ2) is 6.58. The first-order valence-electron chi connectivity index (χ1n) is 6.10. The Morgan fingerprint density at radius 3 is 2.59 bits per heavy atom. The van der Waals surface area contributed by atoms with E-state index in [1.165, 1.54) is 0 Å². The molecule has 118 valence electrons. The van der Waals surface area contributed by atoms with Crippen molar-refractivity contribution in [3.63, 3.8) is 0 Å². The fourth-order valence-corrected chi connectivity index (χ4v) is 2.10. The average Bonchev–Trinajstić information content (AvgIpc) is 2.87. The molecule has 2 rings (SSSR count). The van der Waals surface area contributed by atoms with Crippen LogP contribution in [0.4, 0.5) is 19.0 Å². The van der Waals surface area contributed by atoms with Gasteiger partial charge in [-0.05, 0) is 6.08 Å². The molecule has 0 bridgehead atoms. The largest absolute Gasteiger partial charge is 0.393 e. The summed E-state index contributed by atoms with van der Waals surface area (Å²) in [5, 5.41) is 9.13. The van der Waals surface area contributed by atoms with Crippen molar-refractivity contribution in [3.05, 3.63) is 52.4 Å². The quantitative estimate of drug-likeness (QED) is 0.879. The summed E-state index contributed by atoms with van der Waals surface area (Å²) in [5.41, 5.74) is 4.11. The molecule has 6 nitrogen and oxygen atoms in total. The van der Waals surface area contributed by atoms with Crippen LogP contribution in [0.25, 0.3) is 6.08 Å². The van der Waals surface area contributed by atoms with E-state index in [2.05, 4.69) is 4.98 Å². The molecule has 9 heteroatoms. The van der Waals surface area contributed by atoms with Gasteiger partial charge in [0, 0.05) is 22.9 Å². The molecule has 1 fully saturated rings. The molecule has 3 N–H and O–H groups in total. The van der Waals surface area contributed by atoms with Crippen LogP contribution in [0.2, 0.25) is 0 Å². The highest BCUT2D eigenvalue weighted by Crippen LogP contribution is 2.38. The lowest BCUT2D eigenvalue weighted by molar-refractivity contribution is -0.00860. The summed E-state index contributed by atoms with van der Waals surface area (Å²) in [4.78, 5) is 15.4. The standard InChI is InChI=1S/C13H12F3N3O3/c14-2-1-7-5-19(13(21)18-11(7)17)12-9(4-16)8(3-15)10(6-20)22-12/h1-5,10,12,20H,6H2,(H2,17,18,21). The van der Waals surface area contributed by atoms with E-state index in [4.69, 9.17) is 15.6 Å². The van der Waals surface area contributed by atoms with Crippen molar-refractivity contribution < 1.29 is 23.0 Å². The van der Waals surface area contributed by atoms with Gasteiger partial charge in [-0.25, -0.2) is 18.0 Å². The smallest absolute Gasteiger partial charge is 0.351 e. The molecule has 1 aliphatic heterocycles. The molecule has 0 saturated carbocycles. The van der Waals surface area contributed by atoms with Gasteiger partial charge in [-0.1, -0.05) is 0 Å². The second-order valence-corrected chi connectivity index (χ2v) is 4.35. The molecule has 0 spiro atoms. The van der Waals surface area contributed by atoms with Crippen molar-refractivity contribution in [2.45, 2.75) is 12.3 Å². The predicted octanol–water partition coefficient (Wildman–Crippen LogP) is 1.36. The average molecular weight is 315 g/mol. The van der Waals surface area contributed by atoms with Gasteiger partial charge in [-0.2, -0.15) is 4.98 Å². The number of aliphatic hydroxyl groups is 1. The van der Waals surface area contributed by atoms with Gasteiger partial charge in [0.2, 0.25) is 0 Å². The maximum absolute atomic E-state index is 13.1. The minimum atomic E-state index is -1.35. The first-order valence-corrected chi connectivity index (χ1v) is 6.10. The SMILES string of the molecule is Nc1nc(=O)n(C2OC(CO)C(=CF)C2=CF)cc1C=CF. The number of hydrogen-bond acceptors (Lipinski definition) is 5. The zero-order chi connectivity index (χ0) is 16.3. The predicted molar refractivity (Wildman–Crippen MR) is 72.4 cm³/mol. The van der Waals surface area contributed by atoms with Crippen molar-refractivity contribution in [2.75, 3.05) is 12.3 Å². The molecule has 22 heavy (non-hydrogen) atoms. The molecule has 1 aromatic rings. The lowest BCUT2D eigenvalue weighted by atomic mass is 10.1. The van der Waals surface area contributed by atoms with Crippen LogP contribution in [-0.2, 0) is 4.74 Å². The van der Waals surface area contributed by atoms with Crippen molar-refractivity contribution in [3.8, 4) is 0 Å². The third kappa shape index (κ3) is 2.68. The first-order chi connectivity index (χ1) is 10.6. The van der Waals surface area contributed by atoms with Crippen LogP contribution in [-0.4, -0.2) is 27.4 Å². The van der Waals surface area contributed by atoms with Crippen LogP contribution >= 0.6 is 0 Å². The Labute approximate surface area is 122 Å². The lowest BCUT2D eigenvalue weighted by Gasteiger charge is -2.15. The third-order valence-electron chi connectivity index (χ3n) is 3.15. The Balaban J connectivity index is 2.56. The Morgan fingerprint density at radius 1 is 1.36 bits per heavy atom. The minimum absolute atomic E-state index is 0.0575. The van der Waals surface area contributed by atoms with Gasteiger partial charge in [0.05, 0.1) is 25.6 Å². The van der Waals surface area contributed by atoms with Crippen molar-refractivity contribution >= 4 is 11.9 Å². The summed E-state index contributed by atoms with van der Waals surface area (Å²) >= 11 is 0. The number of anilines is 1. The summed E-state index contributed by atoms with van der Waals surface area (Å²) < 4.78 is 44.3. The number of rotatable bonds is 3. The van der Waals surface area contributed by atoms with Gasteiger partial charge < -0.3 is 15.6 Å².